The molecule has 306 valence electrons. The van der Waals surface area contributed by atoms with E-state index < -0.39 is 0 Å². The maximum atomic E-state index is 6.37. The third-order valence-corrected chi connectivity index (χ3v) is 13.5. The fraction of sp³-hybridized carbons (Fsp3) is 0.0500. The van der Waals surface area contributed by atoms with Crippen molar-refractivity contribution >= 4 is 43.7 Å². The summed E-state index contributed by atoms with van der Waals surface area (Å²) in [5, 5.41) is 4.37. The van der Waals surface area contributed by atoms with Crippen LogP contribution in [0.15, 0.2) is 211 Å². The van der Waals surface area contributed by atoms with E-state index in [2.05, 4.69) is 188 Å². The van der Waals surface area contributed by atoms with Crippen molar-refractivity contribution in [2.45, 2.75) is 19.3 Å². The third-order valence-electron chi connectivity index (χ3n) is 13.5. The highest BCUT2D eigenvalue weighted by Crippen LogP contribution is 2.50. The van der Waals surface area contributed by atoms with Crippen molar-refractivity contribution < 1.29 is 4.42 Å². The first kappa shape index (κ1) is 37.2. The van der Waals surface area contributed by atoms with Crippen molar-refractivity contribution in [1.29, 1.82) is 0 Å². The second-order valence-electron chi connectivity index (χ2n) is 17.6. The summed E-state index contributed by atoms with van der Waals surface area (Å²) >= 11 is 0. The van der Waals surface area contributed by atoms with Gasteiger partial charge in [-0.2, -0.15) is 9.97 Å². The molecule has 0 bridgehead atoms. The molecule has 12 aromatic rings. The highest BCUT2D eigenvalue weighted by molar-refractivity contribution is 6.15. The average molecular weight is 833 g/mol. The summed E-state index contributed by atoms with van der Waals surface area (Å²) in [6.07, 6.45) is 0. The number of rotatable bonds is 6. The molecule has 0 radical (unpaired) electrons. The van der Waals surface area contributed by atoms with Gasteiger partial charge in [-0.1, -0.05) is 172 Å². The number of para-hydroxylation sites is 2. The van der Waals surface area contributed by atoms with Crippen molar-refractivity contribution in [2.75, 3.05) is 0 Å². The predicted octanol–water partition coefficient (Wildman–Crippen LogP) is 15.5. The zero-order valence-corrected chi connectivity index (χ0v) is 35.8. The Labute approximate surface area is 376 Å². The number of aromatic nitrogens is 4. The van der Waals surface area contributed by atoms with Gasteiger partial charge in [-0.3, -0.25) is 4.57 Å². The fourth-order valence-electron chi connectivity index (χ4n) is 10.3. The number of nitrogens with zero attached hydrogens (tertiary/aromatic N) is 4. The maximum Gasteiger partial charge on any atom is 0.238 e. The number of hydrogen-bond donors (Lipinski definition) is 0. The summed E-state index contributed by atoms with van der Waals surface area (Å²) in [4.78, 5) is 15.9. The molecule has 3 aromatic heterocycles. The normalized spacial score (nSPS) is 12.9. The lowest BCUT2D eigenvalue weighted by molar-refractivity contribution is 0.660. The van der Waals surface area contributed by atoms with E-state index in [1.807, 2.05) is 36.4 Å². The number of hydrogen-bond acceptors (Lipinski definition) is 4. The minimum Gasteiger partial charge on any atom is -0.456 e. The van der Waals surface area contributed by atoms with Crippen molar-refractivity contribution in [1.82, 2.24) is 19.5 Å². The van der Waals surface area contributed by atoms with Crippen LogP contribution in [-0.2, 0) is 5.41 Å². The Bertz CT molecular complexity index is 3860. The van der Waals surface area contributed by atoms with E-state index in [4.69, 9.17) is 19.4 Å². The second kappa shape index (κ2) is 14.3. The van der Waals surface area contributed by atoms with E-state index in [1.165, 1.54) is 27.8 Å². The van der Waals surface area contributed by atoms with Gasteiger partial charge in [-0.05, 0) is 98.6 Å². The van der Waals surface area contributed by atoms with E-state index in [1.54, 1.807) is 0 Å². The smallest absolute Gasteiger partial charge is 0.238 e. The first-order valence-corrected chi connectivity index (χ1v) is 22.2. The fourth-order valence-corrected chi connectivity index (χ4v) is 10.3. The van der Waals surface area contributed by atoms with Gasteiger partial charge in [0.15, 0.2) is 11.6 Å². The predicted molar refractivity (Wildman–Crippen MR) is 266 cm³/mol. The summed E-state index contributed by atoms with van der Waals surface area (Å²) < 4.78 is 8.61. The summed E-state index contributed by atoms with van der Waals surface area (Å²) in [7, 11) is 0. The van der Waals surface area contributed by atoms with Gasteiger partial charge in [0.05, 0.1) is 11.0 Å². The number of benzene rings is 9. The van der Waals surface area contributed by atoms with Gasteiger partial charge < -0.3 is 4.42 Å². The Morgan fingerprint density at radius 3 is 1.83 bits per heavy atom. The molecular weight excluding hydrogens is 793 g/mol. The third kappa shape index (κ3) is 5.89. The number of furan rings is 1. The Morgan fingerprint density at radius 2 is 0.985 bits per heavy atom. The van der Waals surface area contributed by atoms with Crippen molar-refractivity contribution in [3.63, 3.8) is 0 Å². The largest absolute Gasteiger partial charge is 0.456 e. The van der Waals surface area contributed by atoms with Crippen LogP contribution in [0.5, 0.6) is 0 Å². The van der Waals surface area contributed by atoms with Crippen LogP contribution in [0.4, 0.5) is 0 Å². The Morgan fingerprint density at radius 1 is 0.369 bits per heavy atom. The summed E-state index contributed by atoms with van der Waals surface area (Å²) in [5.41, 5.74) is 17.5. The lowest BCUT2D eigenvalue weighted by Gasteiger charge is -2.21. The quantitative estimate of drug-likeness (QED) is 0.167. The second-order valence-corrected chi connectivity index (χ2v) is 17.6. The Hall–Kier alpha value is -8.41. The van der Waals surface area contributed by atoms with Crippen LogP contribution in [0.3, 0.4) is 0 Å². The van der Waals surface area contributed by atoms with E-state index in [0.29, 0.717) is 17.6 Å². The van der Waals surface area contributed by atoms with Crippen molar-refractivity contribution in [2.24, 2.45) is 0 Å². The van der Waals surface area contributed by atoms with Crippen LogP contribution in [0.25, 0.3) is 117 Å². The van der Waals surface area contributed by atoms with Crippen LogP contribution < -0.4 is 0 Å². The topological polar surface area (TPSA) is 56.7 Å². The lowest BCUT2D eigenvalue weighted by Crippen LogP contribution is -2.14. The first-order chi connectivity index (χ1) is 32.0. The van der Waals surface area contributed by atoms with Gasteiger partial charge in [0, 0.05) is 43.7 Å². The van der Waals surface area contributed by atoms with Crippen LogP contribution in [0.2, 0.25) is 0 Å². The molecule has 0 saturated carbocycles. The molecule has 0 aliphatic heterocycles. The van der Waals surface area contributed by atoms with Crippen molar-refractivity contribution in [3.8, 4) is 73.2 Å². The molecule has 13 rings (SSSR count). The molecule has 0 unspecified atom stereocenters. The van der Waals surface area contributed by atoms with E-state index in [9.17, 15) is 0 Å². The summed E-state index contributed by atoms with van der Waals surface area (Å²) in [6.45, 7) is 4.67. The van der Waals surface area contributed by atoms with Gasteiger partial charge in [0.1, 0.15) is 11.2 Å². The zero-order chi connectivity index (χ0) is 43.2. The van der Waals surface area contributed by atoms with Gasteiger partial charge >= 0.3 is 0 Å². The van der Waals surface area contributed by atoms with Crippen molar-refractivity contribution in [3.05, 3.63) is 217 Å². The monoisotopic (exact) mass is 832 g/mol. The van der Waals surface area contributed by atoms with Gasteiger partial charge in [0.2, 0.25) is 5.95 Å². The molecule has 5 nitrogen and oxygen atoms in total. The Kier molecular flexibility index (Phi) is 8.18. The van der Waals surface area contributed by atoms with Crippen LogP contribution >= 0.6 is 0 Å². The molecule has 0 fully saturated rings. The molecule has 3 heterocycles. The molecule has 5 heteroatoms. The minimum atomic E-state index is -0.0569. The lowest BCUT2D eigenvalue weighted by atomic mass is 9.82. The molecule has 0 N–H and O–H groups in total. The molecule has 0 saturated heterocycles. The molecule has 65 heavy (non-hydrogen) atoms. The molecular formula is C60H40N4O. The molecule has 1 aliphatic rings. The summed E-state index contributed by atoms with van der Waals surface area (Å²) in [6, 6.07) is 73.3. The van der Waals surface area contributed by atoms with Crippen LogP contribution in [0, 0.1) is 0 Å². The SMILES string of the molecule is CC1(C)c2ccccc2-c2cc(-c3cccc(-c4cc(-c5ccccc5)cc5c6ccccc6n(-c6nc(-c7ccccc7)nc(-c7ccc8c(c7)oc7ccccc78)n6)c45)c3)ccc21. The highest BCUT2D eigenvalue weighted by atomic mass is 16.3. The van der Waals surface area contributed by atoms with Gasteiger partial charge in [0.25, 0.3) is 0 Å². The van der Waals surface area contributed by atoms with Crippen LogP contribution in [0.1, 0.15) is 25.0 Å². The average Bonchev–Trinajstić information content (AvgIpc) is 3.99. The zero-order valence-electron chi connectivity index (χ0n) is 35.8. The van der Waals surface area contributed by atoms with E-state index in [0.717, 1.165) is 82.7 Å². The van der Waals surface area contributed by atoms with Gasteiger partial charge in [-0.15, -0.1) is 0 Å². The number of fused-ring (bicyclic) bond motifs is 9. The van der Waals surface area contributed by atoms with E-state index in [-0.39, 0.29) is 5.41 Å². The standard InChI is InChI=1S/C60H40N4O/c1-60(2)51-25-12-9-22-44(51)49-33-40(29-31-52(49)60)39-20-15-21-41(32-39)48-34-43(37-16-5-3-6-17-37)35-50-45-23-10-13-26-53(45)64(56(48)50)59-62-57(38-18-7-4-8-19-38)61-58(63-59)42-28-30-47-46-24-11-14-27-54(46)65-55(47)36-42/h3-36H,1-2H3. The van der Waals surface area contributed by atoms with E-state index >= 15 is 0 Å². The molecule has 0 spiro atoms. The molecule has 9 aromatic carbocycles. The van der Waals surface area contributed by atoms with Crippen LogP contribution in [-0.4, -0.2) is 19.5 Å². The summed E-state index contributed by atoms with van der Waals surface area (Å²) in [5.74, 6) is 1.69. The van der Waals surface area contributed by atoms with Gasteiger partial charge in [-0.25, -0.2) is 4.98 Å². The highest BCUT2D eigenvalue weighted by Gasteiger charge is 2.35. The molecule has 1 aliphatic carbocycles. The Balaban J connectivity index is 1.06. The maximum absolute atomic E-state index is 6.37. The molecule has 0 amide bonds. The first-order valence-electron chi connectivity index (χ1n) is 22.2. The molecule has 0 atom stereocenters. The minimum absolute atomic E-state index is 0.0569.